The number of hydrogen-bond acceptors (Lipinski definition) is 6. The zero-order valence-corrected chi connectivity index (χ0v) is 20.5. The van der Waals surface area contributed by atoms with Gasteiger partial charge in [0.05, 0.1) is 11.4 Å². The van der Waals surface area contributed by atoms with Crippen molar-refractivity contribution in [2.75, 3.05) is 5.32 Å². The highest BCUT2D eigenvalue weighted by atomic mass is 35.5. The molecule has 1 fully saturated rings. The Hall–Kier alpha value is -4.05. The molecule has 0 aliphatic heterocycles. The van der Waals surface area contributed by atoms with E-state index in [1.165, 1.54) is 30.5 Å². The first kappa shape index (κ1) is 24.6. The number of rotatable bonds is 6. The zero-order chi connectivity index (χ0) is 25.8. The fourth-order valence-electron chi connectivity index (χ4n) is 4.43. The number of halogens is 2. The molecule has 1 aliphatic carbocycles. The maximum absolute atomic E-state index is 13.2. The van der Waals surface area contributed by atoms with Gasteiger partial charge in [-0.1, -0.05) is 30.3 Å². The number of fused-ring (bicyclic) bond motifs is 1. The molecule has 0 spiro atoms. The molecule has 9 nitrogen and oxygen atoms in total. The van der Waals surface area contributed by atoms with Crippen LogP contribution in [-0.4, -0.2) is 37.8 Å². The van der Waals surface area contributed by atoms with E-state index < -0.39 is 17.8 Å². The lowest BCUT2D eigenvalue weighted by atomic mass is 9.91. The van der Waals surface area contributed by atoms with Gasteiger partial charge < -0.3 is 15.4 Å². The number of carbonyl (C=O) groups is 2. The number of alkyl carbamates (subject to hydrolysis) is 1. The SMILES string of the molecule is O=C(NC1CCC(n2nc(NC(=O)c3ccc(F)cc3)c3cnc(Cl)nc32)CC1)OCc1ccccc1. The molecule has 11 heteroatoms. The fraction of sp³-hybridized carbons (Fsp3) is 0.269. The van der Waals surface area contributed by atoms with Crippen LogP contribution in [0.15, 0.2) is 60.8 Å². The Bertz CT molecular complexity index is 1410. The molecule has 5 rings (SSSR count). The summed E-state index contributed by atoms with van der Waals surface area (Å²) in [6, 6.07) is 14.7. The van der Waals surface area contributed by atoms with Gasteiger partial charge in [0.1, 0.15) is 12.4 Å². The molecule has 0 atom stereocenters. The van der Waals surface area contributed by atoms with Gasteiger partial charge in [0, 0.05) is 17.8 Å². The number of carbonyl (C=O) groups excluding carboxylic acids is 2. The maximum Gasteiger partial charge on any atom is 0.407 e. The average Bonchev–Trinajstić information content (AvgIpc) is 3.26. The Morgan fingerprint density at radius 1 is 1.05 bits per heavy atom. The molecule has 0 unspecified atom stereocenters. The third kappa shape index (κ3) is 5.86. The van der Waals surface area contributed by atoms with Crippen LogP contribution in [0.25, 0.3) is 11.0 Å². The van der Waals surface area contributed by atoms with Crippen molar-refractivity contribution in [1.82, 2.24) is 25.1 Å². The molecule has 0 bridgehead atoms. The summed E-state index contributed by atoms with van der Waals surface area (Å²) in [7, 11) is 0. The summed E-state index contributed by atoms with van der Waals surface area (Å²) in [6.45, 7) is 0.216. The predicted molar refractivity (Wildman–Crippen MR) is 136 cm³/mol. The monoisotopic (exact) mass is 522 g/mol. The van der Waals surface area contributed by atoms with Crippen molar-refractivity contribution in [2.24, 2.45) is 0 Å². The molecule has 37 heavy (non-hydrogen) atoms. The molecular formula is C26H24ClFN6O3. The highest BCUT2D eigenvalue weighted by Gasteiger charge is 2.27. The predicted octanol–water partition coefficient (Wildman–Crippen LogP) is 5.28. The minimum absolute atomic E-state index is 0.0108. The largest absolute Gasteiger partial charge is 0.445 e. The van der Waals surface area contributed by atoms with Crippen LogP contribution in [0.3, 0.4) is 0 Å². The molecule has 0 radical (unpaired) electrons. The lowest BCUT2D eigenvalue weighted by Gasteiger charge is -2.29. The maximum atomic E-state index is 13.2. The molecule has 4 aromatic rings. The van der Waals surface area contributed by atoms with E-state index in [0.29, 0.717) is 22.4 Å². The summed E-state index contributed by atoms with van der Waals surface area (Å²) < 4.78 is 20.3. The molecule has 2 amide bonds. The molecule has 1 saturated carbocycles. The highest BCUT2D eigenvalue weighted by molar-refractivity contribution is 6.28. The molecular weight excluding hydrogens is 499 g/mol. The van der Waals surface area contributed by atoms with Gasteiger partial charge in [-0.3, -0.25) is 4.79 Å². The Labute approximate surface area is 217 Å². The normalized spacial score (nSPS) is 17.4. The van der Waals surface area contributed by atoms with Crippen LogP contribution < -0.4 is 10.6 Å². The number of aromatic nitrogens is 4. The molecule has 0 saturated heterocycles. The van der Waals surface area contributed by atoms with Crippen molar-refractivity contribution in [1.29, 1.82) is 0 Å². The van der Waals surface area contributed by atoms with Gasteiger partial charge in [-0.05, 0) is 67.1 Å². The third-order valence-corrected chi connectivity index (χ3v) is 6.52. The van der Waals surface area contributed by atoms with E-state index in [2.05, 4.69) is 25.7 Å². The van der Waals surface area contributed by atoms with Gasteiger partial charge in [-0.2, -0.15) is 10.1 Å². The minimum Gasteiger partial charge on any atom is -0.445 e. The van der Waals surface area contributed by atoms with Crippen molar-refractivity contribution < 1.29 is 18.7 Å². The number of ether oxygens (including phenoxy) is 1. The summed E-state index contributed by atoms with van der Waals surface area (Å²) in [5.41, 5.74) is 1.73. The molecule has 2 heterocycles. The second-order valence-corrected chi connectivity index (χ2v) is 9.18. The van der Waals surface area contributed by atoms with Crippen molar-refractivity contribution in [2.45, 2.75) is 44.4 Å². The van der Waals surface area contributed by atoms with E-state index >= 15 is 0 Å². The number of benzene rings is 2. The average molecular weight is 523 g/mol. The summed E-state index contributed by atoms with van der Waals surface area (Å²) in [4.78, 5) is 33.3. The Morgan fingerprint density at radius 3 is 2.51 bits per heavy atom. The minimum atomic E-state index is -0.442. The van der Waals surface area contributed by atoms with E-state index in [-0.39, 0.29) is 24.0 Å². The first-order valence-corrected chi connectivity index (χ1v) is 12.3. The number of amides is 2. The van der Waals surface area contributed by atoms with Crippen LogP contribution in [0.2, 0.25) is 5.28 Å². The molecule has 2 aromatic carbocycles. The van der Waals surface area contributed by atoms with Crippen LogP contribution in [0.5, 0.6) is 0 Å². The second kappa shape index (κ2) is 10.9. The van der Waals surface area contributed by atoms with E-state index in [9.17, 15) is 14.0 Å². The number of nitrogens with one attached hydrogen (secondary N) is 2. The quantitative estimate of drug-likeness (QED) is 0.333. The van der Waals surface area contributed by atoms with Crippen molar-refractivity contribution in [3.05, 3.63) is 83.0 Å². The van der Waals surface area contributed by atoms with Gasteiger partial charge >= 0.3 is 6.09 Å². The van der Waals surface area contributed by atoms with E-state index in [1.54, 1.807) is 4.68 Å². The first-order chi connectivity index (χ1) is 18.0. The number of hydrogen-bond donors (Lipinski definition) is 2. The van der Waals surface area contributed by atoms with E-state index in [0.717, 1.165) is 31.2 Å². The lowest BCUT2D eigenvalue weighted by Crippen LogP contribution is -2.38. The highest BCUT2D eigenvalue weighted by Crippen LogP contribution is 2.33. The smallest absolute Gasteiger partial charge is 0.407 e. The lowest BCUT2D eigenvalue weighted by molar-refractivity contribution is 0.102. The van der Waals surface area contributed by atoms with Crippen LogP contribution in [0, 0.1) is 5.82 Å². The second-order valence-electron chi connectivity index (χ2n) is 8.84. The van der Waals surface area contributed by atoms with Crippen LogP contribution >= 0.6 is 11.6 Å². The van der Waals surface area contributed by atoms with Crippen LogP contribution in [0.4, 0.5) is 15.0 Å². The first-order valence-electron chi connectivity index (χ1n) is 11.9. The summed E-state index contributed by atoms with van der Waals surface area (Å²) in [6.07, 6.45) is 3.98. The van der Waals surface area contributed by atoms with E-state index in [1.807, 2.05) is 30.3 Å². The summed E-state index contributed by atoms with van der Waals surface area (Å²) in [5.74, 6) is -0.557. The van der Waals surface area contributed by atoms with Crippen molar-refractivity contribution in [3.63, 3.8) is 0 Å². The topological polar surface area (TPSA) is 111 Å². The molecule has 1 aliphatic rings. The standard InChI is InChI=1S/C26H24ClFN6O3/c27-25-29-14-21-22(31-24(35)17-6-8-18(28)9-7-17)33-34(23(21)32-25)20-12-10-19(11-13-20)30-26(36)37-15-16-4-2-1-3-5-16/h1-9,14,19-20H,10-13,15H2,(H,30,36)(H,31,33,35). The molecule has 190 valence electrons. The van der Waals surface area contributed by atoms with E-state index in [4.69, 9.17) is 16.3 Å². The zero-order valence-electron chi connectivity index (χ0n) is 19.7. The van der Waals surface area contributed by atoms with Gasteiger partial charge in [0.2, 0.25) is 5.28 Å². The Kier molecular flexibility index (Phi) is 7.27. The van der Waals surface area contributed by atoms with Crippen LogP contribution in [0.1, 0.15) is 47.6 Å². The summed E-state index contributed by atoms with van der Waals surface area (Å²) >= 11 is 6.06. The van der Waals surface area contributed by atoms with Crippen molar-refractivity contribution in [3.8, 4) is 0 Å². The summed E-state index contributed by atoms with van der Waals surface area (Å²) in [5, 5.41) is 11.0. The number of anilines is 1. The fourth-order valence-corrected chi connectivity index (χ4v) is 4.56. The molecule has 2 aromatic heterocycles. The van der Waals surface area contributed by atoms with Gasteiger partial charge in [-0.25, -0.2) is 18.9 Å². The van der Waals surface area contributed by atoms with Crippen molar-refractivity contribution >= 4 is 40.5 Å². The van der Waals surface area contributed by atoms with Gasteiger partial charge in [-0.15, -0.1) is 0 Å². The number of nitrogens with zero attached hydrogens (tertiary/aromatic N) is 4. The van der Waals surface area contributed by atoms with Crippen LogP contribution in [-0.2, 0) is 11.3 Å². The Morgan fingerprint density at radius 2 is 1.78 bits per heavy atom. The van der Waals surface area contributed by atoms with Gasteiger partial charge in [0.25, 0.3) is 5.91 Å². The Balaban J connectivity index is 1.24. The molecule has 2 N–H and O–H groups in total. The third-order valence-electron chi connectivity index (χ3n) is 6.33. The van der Waals surface area contributed by atoms with Gasteiger partial charge in [0.15, 0.2) is 11.5 Å².